The van der Waals surface area contributed by atoms with E-state index in [1.165, 1.54) is 0 Å². The van der Waals surface area contributed by atoms with E-state index in [9.17, 15) is 0 Å². The van der Waals surface area contributed by atoms with Gasteiger partial charge in [0.15, 0.2) is 8.32 Å². The van der Waals surface area contributed by atoms with E-state index in [1.54, 1.807) is 0 Å². The van der Waals surface area contributed by atoms with Crippen molar-refractivity contribution in [2.75, 3.05) is 5.88 Å². The van der Waals surface area contributed by atoms with Crippen LogP contribution in [0.4, 0.5) is 0 Å². The third-order valence-corrected chi connectivity index (χ3v) is 8.68. The quantitative estimate of drug-likeness (QED) is 0.360. The number of halogens is 1. The van der Waals surface area contributed by atoms with Gasteiger partial charge in [0.25, 0.3) is 0 Å². The van der Waals surface area contributed by atoms with Crippen molar-refractivity contribution in [1.82, 2.24) is 0 Å². The Morgan fingerprint density at radius 3 is 1.88 bits per heavy atom. The van der Waals surface area contributed by atoms with Gasteiger partial charge in [0.05, 0.1) is 5.60 Å². The van der Waals surface area contributed by atoms with Crippen molar-refractivity contribution in [3.05, 3.63) is 12.2 Å². The molecule has 0 aromatic rings. The third-order valence-electron chi connectivity index (χ3n) is 3.97. The van der Waals surface area contributed by atoms with Crippen LogP contribution in [0.25, 0.3) is 0 Å². The van der Waals surface area contributed by atoms with Gasteiger partial charge in [-0.05, 0) is 31.0 Å². The van der Waals surface area contributed by atoms with Crippen LogP contribution in [0, 0.1) is 0 Å². The Labute approximate surface area is 114 Å². The predicted octanol–water partition coefficient (Wildman–Crippen LogP) is 5.36. The van der Waals surface area contributed by atoms with Gasteiger partial charge < -0.3 is 4.43 Å². The van der Waals surface area contributed by atoms with Crippen molar-refractivity contribution >= 4 is 19.9 Å². The zero-order valence-electron chi connectivity index (χ0n) is 12.6. The SMILES string of the molecule is CCC(/C=C/CCl)(CC)O[Si](C)(C)C(C)(C)C. The second-order valence-electron chi connectivity index (χ2n) is 6.19. The Hall–Kier alpha value is 0.207. The molecule has 0 spiro atoms. The highest BCUT2D eigenvalue weighted by Gasteiger charge is 2.42. The number of hydrogen-bond acceptors (Lipinski definition) is 1. The molecule has 17 heavy (non-hydrogen) atoms. The number of allylic oxidation sites excluding steroid dienone is 1. The molecule has 1 nitrogen and oxygen atoms in total. The molecule has 0 aliphatic heterocycles. The summed E-state index contributed by atoms with van der Waals surface area (Å²) in [7, 11) is -1.73. The average Bonchev–Trinajstić information content (AvgIpc) is 2.22. The molecule has 0 saturated heterocycles. The van der Waals surface area contributed by atoms with Gasteiger partial charge in [-0.3, -0.25) is 0 Å². The molecular formula is C14H29ClOSi. The van der Waals surface area contributed by atoms with Crippen LogP contribution in [0.5, 0.6) is 0 Å². The molecule has 0 aromatic heterocycles. The van der Waals surface area contributed by atoms with Crippen molar-refractivity contribution in [2.45, 2.75) is 71.2 Å². The van der Waals surface area contributed by atoms with Gasteiger partial charge in [-0.15, -0.1) is 11.6 Å². The minimum absolute atomic E-state index is 0.127. The Kier molecular flexibility index (Phi) is 6.47. The molecule has 0 bridgehead atoms. The van der Waals surface area contributed by atoms with Crippen molar-refractivity contribution in [3.63, 3.8) is 0 Å². The molecule has 0 aliphatic rings. The van der Waals surface area contributed by atoms with Crippen molar-refractivity contribution in [3.8, 4) is 0 Å². The number of rotatable bonds is 6. The van der Waals surface area contributed by atoms with Crippen LogP contribution < -0.4 is 0 Å². The minimum Gasteiger partial charge on any atom is -0.408 e. The lowest BCUT2D eigenvalue weighted by atomic mass is 9.97. The van der Waals surface area contributed by atoms with E-state index < -0.39 is 8.32 Å². The summed E-state index contributed by atoms with van der Waals surface area (Å²) in [6, 6.07) is 0. The van der Waals surface area contributed by atoms with Gasteiger partial charge in [0.1, 0.15) is 0 Å². The average molecular weight is 277 g/mol. The smallest absolute Gasteiger partial charge is 0.193 e. The summed E-state index contributed by atoms with van der Waals surface area (Å²) >= 11 is 5.75. The maximum absolute atomic E-state index is 6.58. The lowest BCUT2D eigenvalue weighted by Gasteiger charge is -2.44. The van der Waals surface area contributed by atoms with Gasteiger partial charge in [-0.1, -0.05) is 46.8 Å². The first-order valence-electron chi connectivity index (χ1n) is 6.58. The Morgan fingerprint density at radius 1 is 1.12 bits per heavy atom. The molecular weight excluding hydrogens is 248 g/mol. The van der Waals surface area contributed by atoms with E-state index in [2.05, 4.69) is 53.8 Å². The summed E-state index contributed by atoms with van der Waals surface area (Å²) in [4.78, 5) is 0. The standard InChI is InChI=1S/C14H29ClOSi/c1-8-14(9-2,11-10-12-15)16-17(6,7)13(3,4)5/h10-11H,8-9,12H2,1-7H3/b11-10+. The second kappa shape index (κ2) is 6.40. The van der Waals surface area contributed by atoms with E-state index >= 15 is 0 Å². The molecule has 0 aliphatic carbocycles. The molecule has 0 fully saturated rings. The lowest BCUT2D eigenvalue weighted by molar-refractivity contribution is 0.0934. The maximum Gasteiger partial charge on any atom is 0.193 e. The molecule has 0 radical (unpaired) electrons. The van der Waals surface area contributed by atoms with E-state index in [4.69, 9.17) is 16.0 Å². The maximum atomic E-state index is 6.58. The summed E-state index contributed by atoms with van der Waals surface area (Å²) in [6.45, 7) is 15.8. The van der Waals surface area contributed by atoms with Gasteiger partial charge in [-0.25, -0.2) is 0 Å². The predicted molar refractivity (Wildman–Crippen MR) is 81.5 cm³/mol. The van der Waals surface area contributed by atoms with Crippen molar-refractivity contribution in [2.24, 2.45) is 0 Å². The zero-order valence-corrected chi connectivity index (χ0v) is 14.3. The van der Waals surface area contributed by atoms with Crippen LogP contribution in [0.1, 0.15) is 47.5 Å². The molecule has 0 aromatic carbocycles. The lowest BCUT2D eigenvalue weighted by Crippen LogP contribution is -2.48. The summed E-state index contributed by atoms with van der Waals surface area (Å²) in [5, 5.41) is 0.247. The van der Waals surface area contributed by atoms with Crippen molar-refractivity contribution in [1.29, 1.82) is 0 Å². The number of hydrogen-bond donors (Lipinski definition) is 0. The summed E-state index contributed by atoms with van der Waals surface area (Å²) < 4.78 is 6.58. The van der Waals surface area contributed by atoms with Gasteiger partial charge in [0, 0.05) is 5.88 Å². The normalized spacial score (nSPS) is 14.6. The zero-order chi connectivity index (χ0) is 13.7. The molecule has 0 saturated carbocycles. The third kappa shape index (κ3) is 4.76. The fourth-order valence-corrected chi connectivity index (χ4v) is 3.35. The van der Waals surface area contributed by atoms with E-state index in [1.807, 2.05) is 6.08 Å². The second-order valence-corrected chi connectivity index (χ2v) is 11.2. The molecule has 0 amide bonds. The summed E-state index contributed by atoms with van der Waals surface area (Å²) in [5.41, 5.74) is -0.127. The van der Waals surface area contributed by atoms with Crippen LogP contribution in [0.2, 0.25) is 18.1 Å². The highest BCUT2D eigenvalue weighted by molar-refractivity contribution is 6.74. The van der Waals surface area contributed by atoms with E-state index in [0.717, 1.165) is 12.8 Å². The topological polar surface area (TPSA) is 9.23 Å². The van der Waals surface area contributed by atoms with Crippen LogP contribution in [0.15, 0.2) is 12.2 Å². The van der Waals surface area contributed by atoms with E-state index in [-0.39, 0.29) is 10.6 Å². The van der Waals surface area contributed by atoms with Crippen LogP contribution in [-0.2, 0) is 4.43 Å². The van der Waals surface area contributed by atoms with Gasteiger partial charge >= 0.3 is 0 Å². The van der Waals surface area contributed by atoms with Crippen LogP contribution >= 0.6 is 11.6 Å². The summed E-state index contributed by atoms with van der Waals surface area (Å²) in [5.74, 6) is 0.558. The fraction of sp³-hybridized carbons (Fsp3) is 0.857. The molecule has 0 unspecified atom stereocenters. The molecule has 0 N–H and O–H groups in total. The highest BCUT2D eigenvalue weighted by atomic mass is 35.5. The molecule has 0 rings (SSSR count). The molecule has 0 heterocycles. The summed E-state index contributed by atoms with van der Waals surface area (Å²) in [6.07, 6.45) is 6.19. The van der Waals surface area contributed by atoms with E-state index in [0.29, 0.717) is 5.88 Å². The van der Waals surface area contributed by atoms with Crippen molar-refractivity contribution < 1.29 is 4.43 Å². The number of alkyl halides is 1. The van der Waals surface area contributed by atoms with Gasteiger partial charge in [-0.2, -0.15) is 0 Å². The first kappa shape index (κ1) is 17.2. The Bertz CT molecular complexity index is 249. The minimum atomic E-state index is -1.73. The fourth-order valence-electron chi connectivity index (χ4n) is 1.58. The molecule has 0 atom stereocenters. The first-order valence-corrected chi connectivity index (χ1v) is 10.0. The van der Waals surface area contributed by atoms with Crippen LogP contribution in [-0.4, -0.2) is 19.8 Å². The molecule has 3 heteroatoms. The van der Waals surface area contributed by atoms with Gasteiger partial charge in [0.2, 0.25) is 0 Å². The molecule has 102 valence electrons. The highest BCUT2D eigenvalue weighted by Crippen LogP contribution is 2.41. The monoisotopic (exact) mass is 276 g/mol. The largest absolute Gasteiger partial charge is 0.408 e. The first-order chi connectivity index (χ1) is 7.64. The van der Waals surface area contributed by atoms with Crippen LogP contribution in [0.3, 0.4) is 0 Å². The Balaban J connectivity index is 5.06. The Morgan fingerprint density at radius 2 is 1.59 bits per heavy atom.